The van der Waals surface area contributed by atoms with Crippen molar-refractivity contribution >= 4 is 11.6 Å². The van der Waals surface area contributed by atoms with E-state index in [4.69, 9.17) is 10.5 Å². The van der Waals surface area contributed by atoms with E-state index in [0.717, 1.165) is 0 Å². The van der Waals surface area contributed by atoms with Gasteiger partial charge in [-0.05, 0) is 31.4 Å². The highest BCUT2D eigenvalue weighted by Gasteiger charge is 2.22. The van der Waals surface area contributed by atoms with Gasteiger partial charge in [0.1, 0.15) is 5.75 Å². The van der Waals surface area contributed by atoms with Crippen molar-refractivity contribution in [2.24, 2.45) is 5.41 Å². The molecule has 0 fully saturated rings. The Bertz CT molecular complexity index is 450. The molecular formula is C15H24N2O2. The summed E-state index contributed by atoms with van der Waals surface area (Å²) in [6.07, 6.45) is 0. The second kappa shape index (κ2) is 5.95. The highest BCUT2D eigenvalue weighted by atomic mass is 16.5. The molecule has 0 saturated heterocycles. The summed E-state index contributed by atoms with van der Waals surface area (Å²) >= 11 is 0. The van der Waals surface area contributed by atoms with E-state index in [1.807, 2.05) is 13.8 Å². The van der Waals surface area contributed by atoms with Crippen LogP contribution < -0.4 is 15.8 Å². The molecule has 4 nitrogen and oxygen atoms in total. The topological polar surface area (TPSA) is 64.3 Å². The van der Waals surface area contributed by atoms with Gasteiger partial charge in [-0.25, -0.2) is 0 Å². The van der Waals surface area contributed by atoms with Crippen LogP contribution in [0.3, 0.4) is 0 Å². The molecule has 4 heteroatoms. The van der Waals surface area contributed by atoms with Gasteiger partial charge >= 0.3 is 0 Å². The molecule has 0 radical (unpaired) electrons. The van der Waals surface area contributed by atoms with E-state index in [2.05, 4.69) is 26.1 Å². The molecular weight excluding hydrogens is 240 g/mol. The molecule has 0 aliphatic heterocycles. The number of carbonyl (C=O) groups is 1. The molecule has 0 aliphatic carbocycles. The molecule has 0 spiro atoms. The summed E-state index contributed by atoms with van der Waals surface area (Å²) in [5.74, 6) is 0.492. The quantitative estimate of drug-likeness (QED) is 0.822. The number of carbonyl (C=O) groups excluding carboxylic acids is 1. The standard InChI is InChI=1S/C15H24N2O2/c1-6-19-13-8-11(7-12(16)9-13)14(18)17-10(2)15(3,4)5/h7-10H,6,16H2,1-5H3,(H,17,18). The summed E-state index contributed by atoms with van der Waals surface area (Å²) in [5, 5.41) is 2.98. The van der Waals surface area contributed by atoms with Crippen LogP contribution in [0.2, 0.25) is 0 Å². The molecule has 1 aromatic carbocycles. The Kier molecular flexibility index (Phi) is 4.81. The first-order chi connectivity index (χ1) is 8.74. The Morgan fingerprint density at radius 1 is 1.37 bits per heavy atom. The largest absolute Gasteiger partial charge is 0.494 e. The fourth-order valence-electron chi connectivity index (χ4n) is 1.50. The Morgan fingerprint density at radius 2 is 2.00 bits per heavy atom. The molecule has 19 heavy (non-hydrogen) atoms. The van der Waals surface area contributed by atoms with E-state index in [9.17, 15) is 4.79 Å². The lowest BCUT2D eigenvalue weighted by Gasteiger charge is -2.28. The lowest BCUT2D eigenvalue weighted by atomic mass is 9.88. The predicted octanol–water partition coefficient (Wildman–Crippen LogP) is 2.83. The second-order valence-corrected chi connectivity index (χ2v) is 5.78. The zero-order chi connectivity index (χ0) is 14.6. The predicted molar refractivity (Wildman–Crippen MR) is 78.4 cm³/mol. The maximum absolute atomic E-state index is 12.2. The first-order valence-corrected chi connectivity index (χ1v) is 6.58. The third-order valence-corrected chi connectivity index (χ3v) is 3.15. The number of nitrogens with two attached hydrogens (primary N) is 1. The SMILES string of the molecule is CCOc1cc(N)cc(C(=O)NC(C)C(C)(C)C)c1. The van der Waals surface area contributed by atoms with Crippen LogP contribution in [0.25, 0.3) is 0 Å². The van der Waals surface area contributed by atoms with Gasteiger partial charge in [0.2, 0.25) is 0 Å². The maximum atomic E-state index is 12.2. The maximum Gasteiger partial charge on any atom is 0.251 e. The number of nitrogens with one attached hydrogen (secondary N) is 1. The number of nitrogen functional groups attached to an aromatic ring is 1. The van der Waals surface area contributed by atoms with Gasteiger partial charge in [-0.15, -0.1) is 0 Å². The molecule has 106 valence electrons. The normalized spacial score (nSPS) is 12.9. The molecule has 1 unspecified atom stereocenters. The molecule has 0 aliphatic rings. The minimum atomic E-state index is -0.129. The third kappa shape index (κ3) is 4.47. The lowest BCUT2D eigenvalue weighted by molar-refractivity contribution is 0.0909. The highest BCUT2D eigenvalue weighted by Crippen LogP contribution is 2.21. The van der Waals surface area contributed by atoms with Crippen LogP contribution in [-0.2, 0) is 0 Å². The summed E-state index contributed by atoms with van der Waals surface area (Å²) in [5.41, 5.74) is 6.85. The zero-order valence-corrected chi connectivity index (χ0v) is 12.4. The molecule has 0 aromatic heterocycles. The van der Waals surface area contributed by atoms with Crippen LogP contribution in [0.5, 0.6) is 5.75 Å². The number of rotatable bonds is 4. The third-order valence-electron chi connectivity index (χ3n) is 3.15. The van der Waals surface area contributed by atoms with Crippen LogP contribution in [-0.4, -0.2) is 18.6 Å². The molecule has 1 aromatic rings. The lowest BCUT2D eigenvalue weighted by Crippen LogP contribution is -2.41. The minimum absolute atomic E-state index is 0.0126. The van der Waals surface area contributed by atoms with Crippen molar-refractivity contribution in [3.8, 4) is 5.75 Å². The number of ether oxygens (including phenoxy) is 1. The fraction of sp³-hybridized carbons (Fsp3) is 0.533. The second-order valence-electron chi connectivity index (χ2n) is 5.78. The van der Waals surface area contributed by atoms with E-state index in [-0.39, 0.29) is 17.4 Å². The van der Waals surface area contributed by atoms with E-state index < -0.39 is 0 Å². The van der Waals surface area contributed by atoms with Crippen LogP contribution in [0.4, 0.5) is 5.69 Å². The van der Waals surface area contributed by atoms with Crippen molar-refractivity contribution in [2.45, 2.75) is 40.7 Å². The van der Waals surface area contributed by atoms with E-state index >= 15 is 0 Å². The Balaban J connectivity index is 2.88. The van der Waals surface area contributed by atoms with Crippen LogP contribution >= 0.6 is 0 Å². The van der Waals surface area contributed by atoms with Crippen LogP contribution in [0.1, 0.15) is 45.0 Å². The van der Waals surface area contributed by atoms with Gasteiger partial charge in [-0.1, -0.05) is 20.8 Å². The molecule has 1 atom stereocenters. The monoisotopic (exact) mass is 264 g/mol. The number of amides is 1. The zero-order valence-electron chi connectivity index (χ0n) is 12.4. The van der Waals surface area contributed by atoms with Crippen molar-refractivity contribution in [2.75, 3.05) is 12.3 Å². The van der Waals surface area contributed by atoms with E-state index in [1.54, 1.807) is 18.2 Å². The van der Waals surface area contributed by atoms with Crippen molar-refractivity contribution < 1.29 is 9.53 Å². The molecule has 3 N–H and O–H groups in total. The number of hydrogen-bond donors (Lipinski definition) is 2. The summed E-state index contributed by atoms with van der Waals surface area (Å²) in [4.78, 5) is 12.2. The van der Waals surface area contributed by atoms with Gasteiger partial charge in [0.05, 0.1) is 6.61 Å². The molecule has 1 rings (SSSR count). The Morgan fingerprint density at radius 3 is 2.53 bits per heavy atom. The summed E-state index contributed by atoms with van der Waals surface area (Å²) in [6.45, 7) is 10.7. The number of hydrogen-bond acceptors (Lipinski definition) is 3. The smallest absolute Gasteiger partial charge is 0.251 e. The van der Waals surface area contributed by atoms with Gasteiger partial charge < -0.3 is 15.8 Å². The van der Waals surface area contributed by atoms with Crippen LogP contribution in [0, 0.1) is 5.41 Å². The van der Waals surface area contributed by atoms with Crippen molar-refractivity contribution in [1.82, 2.24) is 5.32 Å². The van der Waals surface area contributed by atoms with Crippen molar-refractivity contribution in [3.63, 3.8) is 0 Å². The number of anilines is 1. The molecule has 1 amide bonds. The van der Waals surface area contributed by atoms with Crippen molar-refractivity contribution in [1.29, 1.82) is 0 Å². The Hall–Kier alpha value is -1.71. The van der Waals surface area contributed by atoms with Gasteiger partial charge in [-0.2, -0.15) is 0 Å². The van der Waals surface area contributed by atoms with Gasteiger partial charge in [0.15, 0.2) is 0 Å². The van der Waals surface area contributed by atoms with Gasteiger partial charge in [0.25, 0.3) is 5.91 Å². The average Bonchev–Trinajstić information content (AvgIpc) is 2.27. The van der Waals surface area contributed by atoms with Crippen LogP contribution in [0.15, 0.2) is 18.2 Å². The first-order valence-electron chi connectivity index (χ1n) is 6.58. The average molecular weight is 264 g/mol. The highest BCUT2D eigenvalue weighted by molar-refractivity contribution is 5.95. The van der Waals surface area contributed by atoms with Crippen molar-refractivity contribution in [3.05, 3.63) is 23.8 Å². The summed E-state index contributed by atoms with van der Waals surface area (Å²) < 4.78 is 5.39. The summed E-state index contributed by atoms with van der Waals surface area (Å²) in [7, 11) is 0. The van der Waals surface area contributed by atoms with E-state index in [1.165, 1.54) is 0 Å². The molecule has 0 bridgehead atoms. The fourth-order valence-corrected chi connectivity index (χ4v) is 1.50. The van der Waals surface area contributed by atoms with Gasteiger partial charge in [-0.3, -0.25) is 4.79 Å². The Labute approximate surface area is 115 Å². The van der Waals surface area contributed by atoms with E-state index in [0.29, 0.717) is 23.6 Å². The first kappa shape index (κ1) is 15.3. The summed E-state index contributed by atoms with van der Waals surface area (Å²) in [6, 6.07) is 5.16. The molecule has 0 saturated carbocycles. The molecule has 0 heterocycles. The van der Waals surface area contributed by atoms with Gasteiger partial charge in [0, 0.05) is 23.4 Å². The number of benzene rings is 1. The minimum Gasteiger partial charge on any atom is -0.494 e.